The molecule has 0 spiro atoms. The zero-order valence-electron chi connectivity index (χ0n) is 9.47. The summed E-state index contributed by atoms with van der Waals surface area (Å²) in [6.07, 6.45) is 1.13. The van der Waals surface area contributed by atoms with Gasteiger partial charge in [-0.2, -0.15) is 0 Å². The summed E-state index contributed by atoms with van der Waals surface area (Å²) < 4.78 is 22.6. The van der Waals surface area contributed by atoms with Gasteiger partial charge in [0.25, 0.3) is 5.91 Å². The topological polar surface area (TPSA) is 76.1 Å². The lowest BCUT2D eigenvalue weighted by molar-refractivity contribution is 0.0938. The summed E-state index contributed by atoms with van der Waals surface area (Å²) in [6.45, 7) is 1.64. The number of carbonyl (C=O) groups is 1. The van der Waals surface area contributed by atoms with Crippen LogP contribution in [0.2, 0.25) is 0 Å². The first-order valence-corrected chi connectivity index (χ1v) is 7.74. The zero-order valence-corrected chi connectivity index (χ0v) is 11.9. The van der Waals surface area contributed by atoms with Crippen molar-refractivity contribution in [2.24, 2.45) is 0 Å². The Labute approximate surface area is 109 Å². The number of rotatable bonds is 4. The maximum Gasteiger partial charge on any atom is 0.270 e. The quantitative estimate of drug-likeness (QED) is 0.840. The van der Waals surface area contributed by atoms with Gasteiger partial charge in [0.05, 0.1) is 5.75 Å². The number of hydrogen-bond donors (Lipinski definition) is 1. The molecule has 1 atom stereocenters. The number of pyridine rings is 1. The first-order chi connectivity index (χ1) is 7.78. The second-order valence-electron chi connectivity index (χ2n) is 3.81. The molecule has 1 unspecified atom stereocenters. The van der Waals surface area contributed by atoms with E-state index in [-0.39, 0.29) is 17.4 Å². The van der Waals surface area contributed by atoms with Crippen LogP contribution in [0.1, 0.15) is 17.4 Å². The molecule has 0 aliphatic rings. The lowest BCUT2D eigenvalue weighted by Gasteiger charge is -2.12. The minimum Gasteiger partial charge on any atom is -0.347 e. The zero-order chi connectivity index (χ0) is 13.1. The van der Waals surface area contributed by atoms with Gasteiger partial charge in [-0.15, -0.1) is 0 Å². The molecule has 1 amide bonds. The van der Waals surface area contributed by atoms with Crippen LogP contribution in [0.15, 0.2) is 22.8 Å². The Hall–Kier alpha value is -0.950. The van der Waals surface area contributed by atoms with Crippen LogP contribution in [0.4, 0.5) is 0 Å². The number of nitrogens with one attached hydrogen (secondary N) is 1. The maximum absolute atomic E-state index is 11.7. The molecular weight excluding hydrogens is 308 g/mol. The summed E-state index contributed by atoms with van der Waals surface area (Å²) in [5.41, 5.74) is 0.250. The summed E-state index contributed by atoms with van der Waals surface area (Å²) >= 11 is 3.16. The van der Waals surface area contributed by atoms with Crippen LogP contribution in [0, 0.1) is 0 Å². The largest absolute Gasteiger partial charge is 0.347 e. The van der Waals surface area contributed by atoms with Gasteiger partial charge < -0.3 is 5.32 Å². The SMILES string of the molecule is CC(CS(C)(=O)=O)NC(=O)c1cccc(Br)n1. The fourth-order valence-corrected chi connectivity index (χ4v) is 2.66. The molecule has 0 aliphatic heterocycles. The van der Waals surface area contributed by atoms with Crippen LogP contribution in [-0.4, -0.2) is 37.4 Å². The van der Waals surface area contributed by atoms with E-state index in [2.05, 4.69) is 26.2 Å². The standard InChI is InChI=1S/C10H13BrN2O3S/c1-7(6-17(2,15)16)12-10(14)8-4-3-5-9(11)13-8/h3-5,7H,6H2,1-2H3,(H,12,14). The number of sulfone groups is 1. The Morgan fingerprint density at radius 1 is 1.53 bits per heavy atom. The third kappa shape index (κ3) is 5.27. The molecule has 0 aromatic carbocycles. The Morgan fingerprint density at radius 2 is 2.18 bits per heavy atom. The van der Waals surface area contributed by atoms with Crippen molar-refractivity contribution in [2.75, 3.05) is 12.0 Å². The molecule has 94 valence electrons. The highest BCUT2D eigenvalue weighted by Gasteiger charge is 2.15. The fraction of sp³-hybridized carbons (Fsp3) is 0.400. The van der Waals surface area contributed by atoms with E-state index in [0.717, 1.165) is 6.26 Å². The Balaban J connectivity index is 2.67. The predicted octanol–water partition coefficient (Wildman–Crippen LogP) is 1.01. The molecular formula is C10H13BrN2O3S. The smallest absolute Gasteiger partial charge is 0.270 e. The van der Waals surface area contributed by atoms with Gasteiger partial charge in [0.1, 0.15) is 20.1 Å². The second-order valence-corrected chi connectivity index (χ2v) is 6.81. The van der Waals surface area contributed by atoms with Gasteiger partial charge in [0, 0.05) is 12.3 Å². The Morgan fingerprint density at radius 3 is 2.71 bits per heavy atom. The highest BCUT2D eigenvalue weighted by atomic mass is 79.9. The molecule has 1 N–H and O–H groups in total. The van der Waals surface area contributed by atoms with Crippen molar-refractivity contribution in [1.82, 2.24) is 10.3 Å². The average Bonchev–Trinajstić information content (AvgIpc) is 2.14. The molecule has 0 fully saturated rings. The minimum atomic E-state index is -3.10. The van der Waals surface area contributed by atoms with E-state index < -0.39 is 15.9 Å². The van der Waals surface area contributed by atoms with Crippen molar-refractivity contribution in [3.05, 3.63) is 28.5 Å². The first kappa shape index (κ1) is 14.1. The van der Waals surface area contributed by atoms with Crippen molar-refractivity contribution < 1.29 is 13.2 Å². The van der Waals surface area contributed by atoms with Gasteiger partial charge in [-0.1, -0.05) is 6.07 Å². The summed E-state index contributed by atoms with van der Waals surface area (Å²) in [4.78, 5) is 15.7. The number of halogens is 1. The van der Waals surface area contributed by atoms with E-state index in [9.17, 15) is 13.2 Å². The third-order valence-electron chi connectivity index (χ3n) is 1.88. The van der Waals surface area contributed by atoms with Crippen molar-refractivity contribution in [3.63, 3.8) is 0 Å². The van der Waals surface area contributed by atoms with E-state index in [1.54, 1.807) is 25.1 Å². The van der Waals surface area contributed by atoms with Crippen LogP contribution >= 0.6 is 15.9 Å². The van der Waals surface area contributed by atoms with Crippen LogP contribution in [0.25, 0.3) is 0 Å². The van der Waals surface area contributed by atoms with Crippen molar-refractivity contribution in [2.45, 2.75) is 13.0 Å². The van der Waals surface area contributed by atoms with Gasteiger partial charge in [-0.25, -0.2) is 13.4 Å². The van der Waals surface area contributed by atoms with Crippen LogP contribution < -0.4 is 5.32 Å². The monoisotopic (exact) mass is 320 g/mol. The van der Waals surface area contributed by atoms with Gasteiger partial charge >= 0.3 is 0 Å². The van der Waals surface area contributed by atoms with E-state index in [0.29, 0.717) is 4.60 Å². The first-order valence-electron chi connectivity index (χ1n) is 4.89. The highest BCUT2D eigenvalue weighted by molar-refractivity contribution is 9.10. The molecule has 0 aliphatic carbocycles. The summed E-state index contributed by atoms with van der Waals surface area (Å²) in [6, 6.07) is 4.51. The number of nitrogens with zero attached hydrogens (tertiary/aromatic N) is 1. The highest BCUT2D eigenvalue weighted by Crippen LogP contribution is 2.06. The number of hydrogen-bond acceptors (Lipinski definition) is 4. The lowest BCUT2D eigenvalue weighted by Crippen LogP contribution is -2.37. The van der Waals surface area contributed by atoms with Crippen molar-refractivity contribution >= 4 is 31.7 Å². The Bertz CT molecular complexity index is 516. The molecule has 5 nitrogen and oxygen atoms in total. The molecule has 7 heteroatoms. The average molecular weight is 321 g/mol. The van der Waals surface area contributed by atoms with E-state index >= 15 is 0 Å². The van der Waals surface area contributed by atoms with Crippen molar-refractivity contribution in [1.29, 1.82) is 0 Å². The maximum atomic E-state index is 11.7. The van der Waals surface area contributed by atoms with Gasteiger partial charge in [0.15, 0.2) is 0 Å². The normalized spacial score (nSPS) is 13.1. The van der Waals surface area contributed by atoms with Gasteiger partial charge in [0.2, 0.25) is 0 Å². The molecule has 1 aromatic rings. The summed E-state index contributed by atoms with van der Waals surface area (Å²) in [5, 5.41) is 2.58. The lowest BCUT2D eigenvalue weighted by atomic mass is 10.3. The molecule has 17 heavy (non-hydrogen) atoms. The van der Waals surface area contributed by atoms with Crippen LogP contribution in [-0.2, 0) is 9.84 Å². The molecule has 1 aromatic heterocycles. The summed E-state index contributed by atoms with van der Waals surface area (Å²) in [7, 11) is -3.10. The molecule has 1 rings (SSSR count). The van der Waals surface area contributed by atoms with Gasteiger partial charge in [-0.3, -0.25) is 4.79 Å². The number of amides is 1. The molecule has 0 saturated heterocycles. The molecule has 0 saturated carbocycles. The number of aromatic nitrogens is 1. The summed E-state index contributed by atoms with van der Waals surface area (Å²) in [5.74, 6) is -0.477. The fourth-order valence-electron chi connectivity index (χ4n) is 1.33. The van der Waals surface area contributed by atoms with Crippen LogP contribution in [0.3, 0.4) is 0 Å². The van der Waals surface area contributed by atoms with Gasteiger partial charge in [-0.05, 0) is 35.0 Å². The predicted molar refractivity (Wildman–Crippen MR) is 68.6 cm³/mol. The van der Waals surface area contributed by atoms with Crippen LogP contribution in [0.5, 0.6) is 0 Å². The second kappa shape index (κ2) is 5.59. The van der Waals surface area contributed by atoms with E-state index in [1.165, 1.54) is 0 Å². The minimum absolute atomic E-state index is 0.0905. The molecule has 0 radical (unpaired) electrons. The van der Waals surface area contributed by atoms with E-state index in [1.807, 2.05) is 0 Å². The molecule has 1 heterocycles. The third-order valence-corrected chi connectivity index (χ3v) is 3.43. The molecule has 0 bridgehead atoms. The van der Waals surface area contributed by atoms with Crippen molar-refractivity contribution in [3.8, 4) is 0 Å². The number of carbonyl (C=O) groups excluding carboxylic acids is 1. The van der Waals surface area contributed by atoms with E-state index in [4.69, 9.17) is 0 Å². The Kier molecular flexibility index (Phi) is 4.64.